The first kappa shape index (κ1) is 15.2. The zero-order valence-corrected chi connectivity index (χ0v) is 12.7. The second-order valence-corrected chi connectivity index (χ2v) is 5.39. The molecular formula is C17H21NO3. The summed E-state index contributed by atoms with van der Waals surface area (Å²) in [5.74, 6) is 0.454. The molecule has 1 N–H and O–H groups in total. The summed E-state index contributed by atoms with van der Waals surface area (Å²) in [6, 6.07) is 9.71. The van der Waals surface area contributed by atoms with Crippen LogP contribution >= 0.6 is 0 Å². The van der Waals surface area contributed by atoms with E-state index in [4.69, 9.17) is 9.84 Å². The summed E-state index contributed by atoms with van der Waals surface area (Å²) in [5, 5.41) is 9.01. The maximum absolute atomic E-state index is 11.0. The Morgan fingerprint density at radius 1 is 1.24 bits per heavy atom. The second kappa shape index (κ2) is 6.48. The van der Waals surface area contributed by atoms with Gasteiger partial charge >= 0.3 is 5.97 Å². The normalized spacial score (nSPS) is 10.9. The molecule has 0 saturated heterocycles. The SMILES string of the molecule is Cc1c(C(=O)O)ccn1CCOc1ccc(C(C)C)cc1. The van der Waals surface area contributed by atoms with Crippen LogP contribution in [0, 0.1) is 6.92 Å². The second-order valence-electron chi connectivity index (χ2n) is 5.39. The Bertz CT molecular complexity index is 611. The number of hydrogen-bond acceptors (Lipinski definition) is 2. The lowest BCUT2D eigenvalue weighted by Crippen LogP contribution is -2.09. The third-order valence-corrected chi connectivity index (χ3v) is 3.62. The molecule has 0 aliphatic rings. The van der Waals surface area contributed by atoms with Crippen LogP contribution in [-0.2, 0) is 6.54 Å². The Morgan fingerprint density at radius 2 is 1.90 bits per heavy atom. The van der Waals surface area contributed by atoms with E-state index < -0.39 is 5.97 Å². The number of carboxylic acid groups (broad SMARTS) is 1. The van der Waals surface area contributed by atoms with E-state index in [1.54, 1.807) is 19.2 Å². The molecule has 0 fully saturated rings. The third-order valence-electron chi connectivity index (χ3n) is 3.62. The number of rotatable bonds is 6. The zero-order chi connectivity index (χ0) is 15.4. The molecule has 0 aliphatic heterocycles. The van der Waals surface area contributed by atoms with Crippen molar-refractivity contribution in [1.29, 1.82) is 0 Å². The Balaban J connectivity index is 1.91. The standard InChI is InChI=1S/C17H21NO3/c1-12(2)14-4-6-15(7-5-14)21-11-10-18-9-8-16(13(18)3)17(19)20/h4-9,12H,10-11H2,1-3H3,(H,19,20). The predicted octanol–water partition coefficient (Wildman–Crippen LogP) is 3.70. The lowest BCUT2D eigenvalue weighted by Gasteiger charge is -2.10. The summed E-state index contributed by atoms with van der Waals surface area (Å²) in [7, 11) is 0. The number of hydrogen-bond donors (Lipinski definition) is 1. The molecule has 4 heteroatoms. The molecule has 2 aromatic rings. The molecule has 0 atom stereocenters. The van der Waals surface area contributed by atoms with E-state index in [0.717, 1.165) is 11.4 Å². The molecule has 0 saturated carbocycles. The van der Waals surface area contributed by atoms with Crippen molar-refractivity contribution in [2.75, 3.05) is 6.61 Å². The topological polar surface area (TPSA) is 51.5 Å². The lowest BCUT2D eigenvalue weighted by molar-refractivity contribution is 0.0696. The molecule has 1 aromatic carbocycles. The van der Waals surface area contributed by atoms with Crippen LogP contribution in [-0.4, -0.2) is 22.2 Å². The van der Waals surface area contributed by atoms with Gasteiger partial charge in [-0.25, -0.2) is 4.79 Å². The van der Waals surface area contributed by atoms with Gasteiger partial charge in [0.05, 0.1) is 12.1 Å². The van der Waals surface area contributed by atoms with Gasteiger partial charge in [-0.1, -0.05) is 26.0 Å². The monoisotopic (exact) mass is 287 g/mol. The molecule has 0 aliphatic carbocycles. The molecule has 112 valence electrons. The summed E-state index contributed by atoms with van der Waals surface area (Å²) in [6.07, 6.45) is 1.78. The smallest absolute Gasteiger partial charge is 0.337 e. The quantitative estimate of drug-likeness (QED) is 0.881. The third kappa shape index (κ3) is 3.66. The van der Waals surface area contributed by atoms with Gasteiger partial charge in [0.2, 0.25) is 0 Å². The van der Waals surface area contributed by atoms with Crippen LogP contribution in [0.4, 0.5) is 0 Å². The van der Waals surface area contributed by atoms with Crippen molar-refractivity contribution in [2.24, 2.45) is 0 Å². The Kier molecular flexibility index (Phi) is 4.68. The highest BCUT2D eigenvalue weighted by molar-refractivity contribution is 5.88. The van der Waals surface area contributed by atoms with Crippen molar-refractivity contribution in [2.45, 2.75) is 33.2 Å². The van der Waals surface area contributed by atoms with Gasteiger partial charge in [-0.15, -0.1) is 0 Å². The molecule has 0 bridgehead atoms. The van der Waals surface area contributed by atoms with Crippen LogP contribution in [0.1, 0.15) is 41.4 Å². The van der Waals surface area contributed by atoms with E-state index >= 15 is 0 Å². The number of benzene rings is 1. The zero-order valence-electron chi connectivity index (χ0n) is 12.7. The fourth-order valence-electron chi connectivity index (χ4n) is 2.23. The number of carbonyl (C=O) groups is 1. The van der Waals surface area contributed by atoms with Gasteiger partial charge in [0.15, 0.2) is 0 Å². The molecule has 1 aromatic heterocycles. The largest absolute Gasteiger partial charge is 0.492 e. The number of carboxylic acids is 1. The maximum atomic E-state index is 11.0. The van der Waals surface area contributed by atoms with Gasteiger partial charge in [0.25, 0.3) is 0 Å². The fraction of sp³-hybridized carbons (Fsp3) is 0.353. The highest BCUT2D eigenvalue weighted by Crippen LogP contribution is 2.18. The summed E-state index contributed by atoms with van der Waals surface area (Å²) in [6.45, 7) is 7.26. The molecule has 1 heterocycles. The molecular weight excluding hydrogens is 266 g/mol. The Hall–Kier alpha value is -2.23. The summed E-state index contributed by atoms with van der Waals surface area (Å²) in [4.78, 5) is 11.0. The van der Waals surface area contributed by atoms with E-state index in [1.165, 1.54) is 5.56 Å². The molecule has 2 rings (SSSR count). The molecule has 0 radical (unpaired) electrons. The van der Waals surface area contributed by atoms with E-state index in [2.05, 4.69) is 26.0 Å². The molecule has 0 unspecified atom stereocenters. The van der Waals surface area contributed by atoms with Crippen molar-refractivity contribution in [1.82, 2.24) is 4.57 Å². The summed E-state index contributed by atoms with van der Waals surface area (Å²) in [5.41, 5.74) is 2.38. The Labute approximate surface area is 125 Å². The average molecular weight is 287 g/mol. The fourth-order valence-corrected chi connectivity index (χ4v) is 2.23. The van der Waals surface area contributed by atoms with Gasteiger partial charge in [-0.3, -0.25) is 0 Å². The number of aromatic nitrogens is 1. The maximum Gasteiger partial charge on any atom is 0.337 e. The number of ether oxygens (including phenoxy) is 1. The first-order valence-corrected chi connectivity index (χ1v) is 7.11. The summed E-state index contributed by atoms with van der Waals surface area (Å²) < 4.78 is 7.60. The number of aromatic carboxylic acids is 1. The molecule has 0 spiro atoms. The van der Waals surface area contributed by atoms with Gasteiger partial charge in [-0.05, 0) is 36.6 Å². The minimum atomic E-state index is -0.892. The van der Waals surface area contributed by atoms with Crippen molar-refractivity contribution >= 4 is 5.97 Å². The average Bonchev–Trinajstić information content (AvgIpc) is 2.81. The van der Waals surface area contributed by atoms with E-state index in [0.29, 0.717) is 24.6 Å². The lowest BCUT2D eigenvalue weighted by atomic mass is 10.0. The van der Waals surface area contributed by atoms with Crippen LogP contribution in [0.3, 0.4) is 0 Å². The van der Waals surface area contributed by atoms with Crippen LogP contribution in [0.25, 0.3) is 0 Å². The van der Waals surface area contributed by atoms with Gasteiger partial charge in [0.1, 0.15) is 12.4 Å². The minimum Gasteiger partial charge on any atom is -0.492 e. The van der Waals surface area contributed by atoms with Gasteiger partial charge in [-0.2, -0.15) is 0 Å². The van der Waals surface area contributed by atoms with E-state index in [1.807, 2.05) is 16.7 Å². The summed E-state index contributed by atoms with van der Waals surface area (Å²) >= 11 is 0. The van der Waals surface area contributed by atoms with Crippen LogP contribution in [0.2, 0.25) is 0 Å². The van der Waals surface area contributed by atoms with Crippen LogP contribution < -0.4 is 4.74 Å². The van der Waals surface area contributed by atoms with E-state index in [9.17, 15) is 4.79 Å². The van der Waals surface area contributed by atoms with Crippen LogP contribution in [0.5, 0.6) is 5.75 Å². The van der Waals surface area contributed by atoms with Gasteiger partial charge in [0, 0.05) is 11.9 Å². The first-order valence-electron chi connectivity index (χ1n) is 7.11. The van der Waals surface area contributed by atoms with Crippen molar-refractivity contribution < 1.29 is 14.6 Å². The minimum absolute atomic E-state index is 0.344. The molecule has 21 heavy (non-hydrogen) atoms. The highest BCUT2D eigenvalue weighted by Gasteiger charge is 2.10. The van der Waals surface area contributed by atoms with Crippen molar-refractivity contribution in [3.05, 3.63) is 53.3 Å². The predicted molar refractivity (Wildman–Crippen MR) is 82.2 cm³/mol. The Morgan fingerprint density at radius 3 is 2.43 bits per heavy atom. The van der Waals surface area contributed by atoms with Crippen LogP contribution in [0.15, 0.2) is 36.5 Å². The van der Waals surface area contributed by atoms with Crippen molar-refractivity contribution in [3.63, 3.8) is 0 Å². The van der Waals surface area contributed by atoms with E-state index in [-0.39, 0.29) is 0 Å². The van der Waals surface area contributed by atoms with Crippen molar-refractivity contribution in [3.8, 4) is 5.75 Å². The molecule has 4 nitrogen and oxygen atoms in total. The highest BCUT2D eigenvalue weighted by atomic mass is 16.5. The first-order chi connectivity index (χ1) is 9.99. The molecule has 0 amide bonds. The van der Waals surface area contributed by atoms with Gasteiger partial charge < -0.3 is 14.4 Å². The number of nitrogens with zero attached hydrogens (tertiary/aromatic N) is 1.